The van der Waals surface area contributed by atoms with Crippen molar-refractivity contribution in [1.29, 1.82) is 0 Å². The van der Waals surface area contributed by atoms with E-state index in [1.807, 2.05) is 36.4 Å². The Kier molecular flexibility index (Phi) is 6.40. The van der Waals surface area contributed by atoms with Crippen molar-refractivity contribution < 1.29 is 13.2 Å². The highest BCUT2D eigenvalue weighted by Crippen LogP contribution is 2.35. The van der Waals surface area contributed by atoms with E-state index in [2.05, 4.69) is 10.0 Å². The molecule has 8 heteroatoms. The van der Waals surface area contributed by atoms with Crippen molar-refractivity contribution in [2.24, 2.45) is 0 Å². The van der Waals surface area contributed by atoms with Gasteiger partial charge in [-0.05, 0) is 31.0 Å². The van der Waals surface area contributed by atoms with Crippen LogP contribution >= 0.6 is 22.9 Å². The quantitative estimate of drug-likeness (QED) is 0.579. The second-order valence-electron chi connectivity index (χ2n) is 6.72. The highest BCUT2D eigenvalue weighted by atomic mass is 35.5. The number of sulfonamides is 1. The summed E-state index contributed by atoms with van der Waals surface area (Å²) in [7, 11) is -3.45. The number of benzene rings is 2. The summed E-state index contributed by atoms with van der Waals surface area (Å²) in [5.41, 5.74) is 1.40. The molecule has 0 radical (unpaired) electrons. The molecule has 0 spiro atoms. The molecule has 0 atom stereocenters. The van der Waals surface area contributed by atoms with Crippen LogP contribution in [0.3, 0.4) is 0 Å². The second kappa shape index (κ2) is 8.61. The first-order chi connectivity index (χ1) is 13.3. The summed E-state index contributed by atoms with van der Waals surface area (Å²) in [5.74, 6) is -0.412. The van der Waals surface area contributed by atoms with Gasteiger partial charge in [0.25, 0.3) is 5.91 Å². The van der Waals surface area contributed by atoms with Crippen LogP contribution in [0.5, 0.6) is 0 Å². The fourth-order valence-electron chi connectivity index (χ4n) is 2.89. The highest BCUT2D eigenvalue weighted by molar-refractivity contribution is 7.88. The zero-order chi connectivity index (χ0) is 20.3. The number of nitrogens with one attached hydrogen (secondary N) is 2. The number of hydrogen-bond acceptors (Lipinski definition) is 4. The van der Waals surface area contributed by atoms with Gasteiger partial charge in [0.15, 0.2) is 0 Å². The van der Waals surface area contributed by atoms with E-state index in [0.29, 0.717) is 15.5 Å². The Labute approximate surface area is 173 Å². The van der Waals surface area contributed by atoms with Gasteiger partial charge in [-0.25, -0.2) is 13.1 Å². The van der Waals surface area contributed by atoms with E-state index >= 15 is 0 Å². The van der Waals surface area contributed by atoms with Crippen LogP contribution in [0.1, 0.15) is 34.6 Å². The van der Waals surface area contributed by atoms with Crippen LogP contribution in [-0.4, -0.2) is 20.4 Å². The smallest absolute Gasteiger partial charge is 0.263 e. The van der Waals surface area contributed by atoms with Gasteiger partial charge in [-0.15, -0.1) is 11.3 Å². The maximum absolute atomic E-state index is 12.6. The molecule has 1 amide bonds. The summed E-state index contributed by atoms with van der Waals surface area (Å²) in [5, 5.41) is 4.15. The van der Waals surface area contributed by atoms with Gasteiger partial charge < -0.3 is 5.32 Å². The predicted molar refractivity (Wildman–Crippen MR) is 115 cm³/mol. The van der Waals surface area contributed by atoms with Crippen molar-refractivity contribution in [2.75, 3.05) is 0 Å². The van der Waals surface area contributed by atoms with Crippen molar-refractivity contribution in [3.63, 3.8) is 0 Å². The molecular formula is C20H21ClN2O3S2. The Morgan fingerprint density at radius 3 is 2.39 bits per heavy atom. The topological polar surface area (TPSA) is 75.3 Å². The number of halogens is 1. The summed E-state index contributed by atoms with van der Waals surface area (Å²) in [6.07, 6.45) is 0. The van der Waals surface area contributed by atoms with Crippen molar-refractivity contribution in [3.8, 4) is 0 Å². The van der Waals surface area contributed by atoms with Crippen LogP contribution in [0.2, 0.25) is 5.02 Å². The van der Waals surface area contributed by atoms with Gasteiger partial charge in [0.1, 0.15) is 4.88 Å². The van der Waals surface area contributed by atoms with Crippen LogP contribution in [0.15, 0.2) is 48.5 Å². The zero-order valence-corrected chi connectivity index (χ0v) is 17.9. The van der Waals surface area contributed by atoms with Crippen molar-refractivity contribution >= 4 is 49.0 Å². The Bertz CT molecular complexity index is 1110. The van der Waals surface area contributed by atoms with Crippen LogP contribution in [-0.2, 0) is 22.3 Å². The third-order valence-corrected chi connectivity index (χ3v) is 7.26. The average molecular weight is 437 g/mol. The molecule has 2 N–H and O–H groups in total. The molecule has 0 saturated carbocycles. The number of thiophene rings is 1. The standard InChI is InChI=1S/C20H21ClN2O3S2/c1-13(2)23-28(25,26)12-15-8-4-3-7-14(15)11-22-20(24)19-18(21)16-9-5-6-10-17(16)27-19/h3-10,13,23H,11-12H2,1-2H3,(H,22,24). The number of fused-ring (bicyclic) bond motifs is 1. The summed E-state index contributed by atoms with van der Waals surface area (Å²) in [6.45, 7) is 3.77. The molecule has 28 heavy (non-hydrogen) atoms. The Morgan fingerprint density at radius 2 is 1.71 bits per heavy atom. The van der Waals surface area contributed by atoms with Gasteiger partial charge in [0, 0.05) is 22.7 Å². The summed E-state index contributed by atoms with van der Waals surface area (Å²) in [4.78, 5) is 13.1. The lowest BCUT2D eigenvalue weighted by atomic mass is 10.1. The van der Waals surface area contributed by atoms with E-state index in [1.54, 1.807) is 26.0 Å². The van der Waals surface area contributed by atoms with E-state index in [4.69, 9.17) is 11.6 Å². The predicted octanol–water partition coefficient (Wildman–Crippen LogP) is 4.31. The zero-order valence-electron chi connectivity index (χ0n) is 15.5. The van der Waals surface area contributed by atoms with E-state index in [9.17, 15) is 13.2 Å². The normalized spacial score (nSPS) is 11.9. The van der Waals surface area contributed by atoms with Crippen molar-refractivity contribution in [3.05, 3.63) is 69.6 Å². The lowest BCUT2D eigenvalue weighted by Gasteiger charge is -2.13. The molecule has 3 rings (SSSR count). The number of carbonyl (C=O) groups excluding carboxylic acids is 1. The molecule has 0 aliphatic heterocycles. The van der Waals surface area contributed by atoms with Gasteiger partial charge >= 0.3 is 0 Å². The summed E-state index contributed by atoms with van der Waals surface area (Å²) in [6, 6.07) is 14.6. The Balaban J connectivity index is 1.76. The number of carbonyl (C=O) groups is 1. The van der Waals surface area contributed by atoms with Gasteiger partial charge in [-0.2, -0.15) is 0 Å². The maximum atomic E-state index is 12.6. The third-order valence-electron chi connectivity index (χ3n) is 4.06. The second-order valence-corrected chi connectivity index (χ2v) is 9.91. The van der Waals surface area contributed by atoms with Crippen LogP contribution in [0, 0.1) is 0 Å². The highest BCUT2D eigenvalue weighted by Gasteiger charge is 2.18. The molecule has 5 nitrogen and oxygen atoms in total. The van der Waals surface area contributed by atoms with Gasteiger partial charge in [0.05, 0.1) is 10.8 Å². The monoisotopic (exact) mass is 436 g/mol. The molecule has 0 saturated heterocycles. The first kappa shape index (κ1) is 20.8. The average Bonchev–Trinajstić information content (AvgIpc) is 2.96. The van der Waals surface area contributed by atoms with Crippen LogP contribution < -0.4 is 10.0 Å². The Morgan fingerprint density at radius 1 is 1.07 bits per heavy atom. The summed E-state index contributed by atoms with van der Waals surface area (Å²) >= 11 is 7.70. The molecule has 3 aromatic rings. The van der Waals surface area contributed by atoms with E-state index < -0.39 is 10.0 Å². The van der Waals surface area contributed by atoms with E-state index in [-0.39, 0.29) is 24.2 Å². The fourth-order valence-corrected chi connectivity index (χ4v) is 5.82. The fraction of sp³-hybridized carbons (Fsp3) is 0.250. The SMILES string of the molecule is CC(C)NS(=O)(=O)Cc1ccccc1CNC(=O)c1sc2ccccc2c1Cl. The lowest BCUT2D eigenvalue weighted by molar-refractivity contribution is 0.0955. The molecule has 0 aliphatic rings. The molecule has 148 valence electrons. The van der Waals surface area contributed by atoms with E-state index in [1.165, 1.54) is 11.3 Å². The minimum absolute atomic E-state index is 0.138. The van der Waals surface area contributed by atoms with E-state index in [0.717, 1.165) is 15.6 Å². The number of amides is 1. The summed E-state index contributed by atoms with van der Waals surface area (Å²) < 4.78 is 28.0. The maximum Gasteiger partial charge on any atom is 0.263 e. The molecule has 1 heterocycles. The molecule has 0 bridgehead atoms. The van der Waals surface area contributed by atoms with Crippen LogP contribution in [0.25, 0.3) is 10.1 Å². The minimum atomic E-state index is -3.45. The Hall–Kier alpha value is -1.93. The molecule has 0 aliphatic carbocycles. The third kappa shape index (κ3) is 4.91. The largest absolute Gasteiger partial charge is 0.347 e. The van der Waals surface area contributed by atoms with Crippen molar-refractivity contribution in [1.82, 2.24) is 10.0 Å². The van der Waals surface area contributed by atoms with Crippen LogP contribution in [0.4, 0.5) is 0 Å². The molecule has 1 aromatic heterocycles. The van der Waals surface area contributed by atoms with Gasteiger partial charge in [-0.3, -0.25) is 4.79 Å². The minimum Gasteiger partial charge on any atom is -0.347 e. The first-order valence-electron chi connectivity index (χ1n) is 8.79. The molecule has 0 fully saturated rings. The molecule has 0 unspecified atom stereocenters. The first-order valence-corrected chi connectivity index (χ1v) is 11.6. The van der Waals surface area contributed by atoms with Gasteiger partial charge in [-0.1, -0.05) is 54.1 Å². The van der Waals surface area contributed by atoms with Crippen molar-refractivity contribution in [2.45, 2.75) is 32.2 Å². The molecular weight excluding hydrogens is 416 g/mol. The number of rotatable bonds is 7. The lowest BCUT2D eigenvalue weighted by Crippen LogP contribution is -2.31. The number of hydrogen-bond donors (Lipinski definition) is 2. The van der Waals surface area contributed by atoms with Gasteiger partial charge in [0.2, 0.25) is 10.0 Å². The molecule has 2 aromatic carbocycles.